The zero-order valence-corrected chi connectivity index (χ0v) is 7.85. The Kier molecular flexibility index (Phi) is 3.84. The van der Waals surface area contributed by atoms with Gasteiger partial charge in [-0.15, -0.1) is 4.33 Å². The van der Waals surface area contributed by atoms with Gasteiger partial charge in [0.15, 0.2) is 0 Å². The Balaban J connectivity index is 2.75. The first kappa shape index (κ1) is 9.83. The molecule has 1 N–H and O–H groups in total. The largest absolute Gasteiger partial charge is 0.220 e. The topological polar surface area (TPSA) is 38.7 Å². The lowest BCUT2D eigenvalue weighted by molar-refractivity contribution is -0.432. The van der Waals surface area contributed by atoms with E-state index >= 15 is 0 Å². The lowest BCUT2D eigenvalue weighted by atomic mass is 10.2. The summed E-state index contributed by atoms with van der Waals surface area (Å²) in [6, 6.07) is 5.46. The summed E-state index contributed by atoms with van der Waals surface area (Å²) in [4.78, 5) is 0.700. The number of hydrogen-bond donors (Lipinski definition) is 1. The predicted octanol–water partition coefficient (Wildman–Crippen LogP) is 3.08. The Labute approximate surface area is 79.3 Å². The second kappa shape index (κ2) is 4.69. The summed E-state index contributed by atoms with van der Waals surface area (Å²) in [5.41, 5.74) is 1.06. The SMILES string of the molecule is Cc1ccc(Cl)c(SOOO)c1. The molecule has 0 aliphatic rings. The summed E-state index contributed by atoms with van der Waals surface area (Å²) in [7, 11) is 0. The van der Waals surface area contributed by atoms with Gasteiger partial charge in [0.2, 0.25) is 0 Å². The Morgan fingerprint density at radius 3 is 2.92 bits per heavy atom. The third-order valence-electron chi connectivity index (χ3n) is 1.24. The number of rotatable bonds is 3. The molecule has 0 heterocycles. The van der Waals surface area contributed by atoms with Crippen LogP contribution in [0.15, 0.2) is 23.1 Å². The first-order valence-corrected chi connectivity index (χ1v) is 4.27. The van der Waals surface area contributed by atoms with Gasteiger partial charge in [-0.05, 0) is 24.6 Å². The van der Waals surface area contributed by atoms with Crippen molar-refractivity contribution in [2.24, 2.45) is 0 Å². The summed E-state index contributed by atoms with van der Waals surface area (Å²) in [6.07, 6.45) is 0. The van der Waals surface area contributed by atoms with Crippen LogP contribution in [0, 0.1) is 6.92 Å². The van der Waals surface area contributed by atoms with Gasteiger partial charge < -0.3 is 0 Å². The van der Waals surface area contributed by atoms with Gasteiger partial charge in [0, 0.05) is 0 Å². The van der Waals surface area contributed by atoms with Gasteiger partial charge in [0.25, 0.3) is 0 Å². The number of halogens is 1. The van der Waals surface area contributed by atoms with E-state index in [9.17, 15) is 0 Å². The van der Waals surface area contributed by atoms with Gasteiger partial charge >= 0.3 is 0 Å². The molecule has 0 saturated carbocycles. The Morgan fingerprint density at radius 2 is 2.25 bits per heavy atom. The van der Waals surface area contributed by atoms with Crippen LogP contribution in [0.3, 0.4) is 0 Å². The molecule has 0 radical (unpaired) electrons. The van der Waals surface area contributed by atoms with Crippen LogP contribution in [0.4, 0.5) is 0 Å². The fourth-order valence-corrected chi connectivity index (χ4v) is 1.42. The molecular weight excluding hydrogens is 200 g/mol. The molecule has 1 aromatic carbocycles. The minimum Gasteiger partial charge on any atom is -0.220 e. The minimum absolute atomic E-state index is 0.558. The molecular formula is C7H7ClO3S. The Bertz CT molecular complexity index is 267. The first-order valence-electron chi connectivity index (χ1n) is 3.15. The highest BCUT2D eigenvalue weighted by molar-refractivity contribution is 7.94. The van der Waals surface area contributed by atoms with Crippen molar-refractivity contribution in [3.63, 3.8) is 0 Å². The van der Waals surface area contributed by atoms with E-state index in [0.29, 0.717) is 9.92 Å². The van der Waals surface area contributed by atoms with Gasteiger partial charge in [-0.25, -0.2) is 5.26 Å². The molecule has 1 rings (SSSR count). The van der Waals surface area contributed by atoms with Gasteiger partial charge in [-0.3, -0.25) is 0 Å². The molecule has 1 aromatic rings. The standard InChI is InChI=1S/C7H7ClO3S/c1-5-2-3-6(8)7(4-5)12-11-10-9/h2-4,9H,1H3. The maximum atomic E-state index is 7.90. The van der Waals surface area contributed by atoms with E-state index in [-0.39, 0.29) is 0 Å². The van der Waals surface area contributed by atoms with E-state index < -0.39 is 0 Å². The van der Waals surface area contributed by atoms with Crippen LogP contribution in [0.25, 0.3) is 0 Å². The zero-order chi connectivity index (χ0) is 8.97. The molecule has 0 spiro atoms. The van der Waals surface area contributed by atoms with Crippen molar-refractivity contribution in [3.8, 4) is 0 Å². The van der Waals surface area contributed by atoms with Crippen molar-refractivity contribution >= 4 is 23.6 Å². The molecule has 0 aromatic heterocycles. The molecule has 0 atom stereocenters. The average Bonchev–Trinajstić information content (AvgIpc) is 2.07. The van der Waals surface area contributed by atoms with E-state index in [1.54, 1.807) is 6.07 Å². The minimum atomic E-state index is 0.558. The normalized spacial score (nSPS) is 10.2. The molecule has 5 heteroatoms. The van der Waals surface area contributed by atoms with Crippen molar-refractivity contribution in [2.45, 2.75) is 11.8 Å². The molecule has 0 saturated heterocycles. The highest BCUT2D eigenvalue weighted by atomic mass is 35.5. The van der Waals surface area contributed by atoms with Crippen LogP contribution in [-0.4, -0.2) is 5.26 Å². The maximum Gasteiger partial charge on any atom is 0.0730 e. The molecule has 0 bridgehead atoms. The smallest absolute Gasteiger partial charge is 0.0730 e. The zero-order valence-electron chi connectivity index (χ0n) is 6.28. The van der Waals surface area contributed by atoms with E-state index in [1.165, 1.54) is 0 Å². The third-order valence-corrected chi connectivity index (χ3v) is 2.33. The first-order chi connectivity index (χ1) is 5.74. The molecule has 3 nitrogen and oxygen atoms in total. The highest BCUT2D eigenvalue weighted by Gasteiger charge is 2.02. The van der Waals surface area contributed by atoms with E-state index in [4.69, 9.17) is 16.9 Å². The van der Waals surface area contributed by atoms with Gasteiger partial charge in [-0.2, -0.15) is 0 Å². The highest BCUT2D eigenvalue weighted by Crippen LogP contribution is 2.28. The quantitative estimate of drug-likeness (QED) is 0.469. The van der Waals surface area contributed by atoms with Crippen LogP contribution in [0.5, 0.6) is 0 Å². The van der Waals surface area contributed by atoms with Gasteiger partial charge in [-0.1, -0.05) is 22.7 Å². The van der Waals surface area contributed by atoms with Crippen LogP contribution in [0.1, 0.15) is 5.56 Å². The number of benzene rings is 1. The summed E-state index contributed by atoms with van der Waals surface area (Å²) in [5, 5.41) is 11.9. The Morgan fingerprint density at radius 1 is 1.50 bits per heavy atom. The van der Waals surface area contributed by atoms with Crippen molar-refractivity contribution in [1.29, 1.82) is 0 Å². The summed E-state index contributed by atoms with van der Waals surface area (Å²) < 4.78 is 4.24. The molecule has 0 aliphatic carbocycles. The van der Waals surface area contributed by atoms with Crippen molar-refractivity contribution < 1.29 is 14.6 Å². The fraction of sp³-hybridized carbons (Fsp3) is 0.143. The second-order valence-electron chi connectivity index (χ2n) is 2.16. The second-order valence-corrected chi connectivity index (χ2v) is 3.31. The van der Waals surface area contributed by atoms with Crippen LogP contribution in [-0.2, 0) is 9.37 Å². The lowest BCUT2D eigenvalue weighted by Gasteiger charge is -2.01. The molecule has 0 fully saturated rings. The van der Waals surface area contributed by atoms with Crippen molar-refractivity contribution in [1.82, 2.24) is 0 Å². The molecule has 0 amide bonds. The van der Waals surface area contributed by atoms with Gasteiger partial charge in [0.1, 0.15) is 0 Å². The van der Waals surface area contributed by atoms with Crippen LogP contribution < -0.4 is 0 Å². The summed E-state index contributed by atoms with van der Waals surface area (Å²) in [6.45, 7) is 1.93. The van der Waals surface area contributed by atoms with Crippen molar-refractivity contribution in [2.75, 3.05) is 0 Å². The fourth-order valence-electron chi connectivity index (χ4n) is 0.726. The maximum absolute atomic E-state index is 7.90. The molecule has 66 valence electrons. The number of aryl methyl sites for hydroxylation is 1. The molecule has 12 heavy (non-hydrogen) atoms. The van der Waals surface area contributed by atoms with E-state index in [1.807, 2.05) is 19.1 Å². The lowest BCUT2D eigenvalue weighted by Crippen LogP contribution is -1.81. The van der Waals surface area contributed by atoms with Gasteiger partial charge in [0.05, 0.1) is 22.0 Å². The summed E-state index contributed by atoms with van der Waals surface area (Å²) >= 11 is 6.65. The number of hydrogen-bond acceptors (Lipinski definition) is 4. The van der Waals surface area contributed by atoms with E-state index in [2.05, 4.69) is 9.37 Å². The van der Waals surface area contributed by atoms with Crippen LogP contribution >= 0.6 is 23.6 Å². The average molecular weight is 207 g/mol. The third kappa shape index (κ3) is 2.66. The van der Waals surface area contributed by atoms with Crippen LogP contribution in [0.2, 0.25) is 5.02 Å². The molecule has 0 unspecified atom stereocenters. The van der Waals surface area contributed by atoms with E-state index in [0.717, 1.165) is 17.6 Å². The summed E-state index contributed by atoms with van der Waals surface area (Å²) in [5.74, 6) is 0. The van der Waals surface area contributed by atoms with Crippen molar-refractivity contribution in [3.05, 3.63) is 28.8 Å². The Hall–Kier alpha value is -0.260. The monoisotopic (exact) mass is 206 g/mol. The molecule has 0 aliphatic heterocycles. The predicted molar refractivity (Wildman–Crippen MR) is 46.8 cm³/mol.